The molecular formula is C21H18ClF2N3O3S. The molecule has 0 spiro atoms. The first-order valence-electron chi connectivity index (χ1n) is 9.39. The normalized spacial score (nSPS) is 19.6. The molecule has 4 rings (SSSR count). The van der Waals surface area contributed by atoms with E-state index in [-0.39, 0.29) is 28.7 Å². The fourth-order valence-electron chi connectivity index (χ4n) is 3.84. The first-order chi connectivity index (χ1) is 14.6. The number of hydrogen-bond acceptors (Lipinski definition) is 4. The number of rotatable bonds is 5. The highest BCUT2D eigenvalue weighted by atomic mass is 35.5. The average molecular weight is 466 g/mol. The first-order valence-corrected chi connectivity index (χ1v) is 11.2. The second kappa shape index (κ2) is 8.14. The maximum atomic E-state index is 13.8. The first kappa shape index (κ1) is 21.6. The minimum Gasteiger partial charge on any atom is -0.339 e. The van der Waals surface area contributed by atoms with Gasteiger partial charge in [0, 0.05) is 48.8 Å². The number of aromatic nitrogens is 2. The number of halogens is 3. The van der Waals surface area contributed by atoms with E-state index in [1.54, 1.807) is 7.05 Å². The molecule has 0 radical (unpaired) electrons. The summed E-state index contributed by atoms with van der Waals surface area (Å²) in [5, 5.41) is -0.0626. The van der Waals surface area contributed by atoms with Crippen LogP contribution >= 0.6 is 11.6 Å². The third-order valence-electron chi connectivity index (χ3n) is 5.35. The molecule has 31 heavy (non-hydrogen) atoms. The summed E-state index contributed by atoms with van der Waals surface area (Å²) in [7, 11) is -2.31. The molecule has 10 heteroatoms. The molecule has 0 saturated carbocycles. The van der Waals surface area contributed by atoms with Gasteiger partial charge in [0.05, 0.1) is 6.33 Å². The Balaban J connectivity index is 1.73. The van der Waals surface area contributed by atoms with Crippen LogP contribution in [0.3, 0.4) is 0 Å². The number of nitrogens with zero attached hydrogens (tertiary/aromatic N) is 3. The van der Waals surface area contributed by atoms with Gasteiger partial charge in [-0.15, -0.1) is 0 Å². The lowest BCUT2D eigenvalue weighted by molar-refractivity contribution is 0.0917. The van der Waals surface area contributed by atoms with Crippen molar-refractivity contribution >= 4 is 27.4 Å². The molecule has 0 aliphatic carbocycles. The van der Waals surface area contributed by atoms with Crippen LogP contribution in [0.2, 0.25) is 5.02 Å². The summed E-state index contributed by atoms with van der Waals surface area (Å²) in [6, 6.07) is 9.07. The van der Waals surface area contributed by atoms with E-state index < -0.39 is 39.3 Å². The second-order valence-electron chi connectivity index (χ2n) is 7.49. The number of sulfonamides is 1. The Morgan fingerprint density at radius 2 is 1.81 bits per heavy atom. The Hall–Kier alpha value is -2.62. The zero-order chi connectivity index (χ0) is 22.3. The topological polar surface area (TPSA) is 72.3 Å². The smallest absolute Gasteiger partial charge is 0.262 e. The fraction of sp³-hybridized carbons (Fsp3) is 0.238. The van der Waals surface area contributed by atoms with Gasteiger partial charge in [-0.05, 0) is 35.9 Å². The highest BCUT2D eigenvalue weighted by Crippen LogP contribution is 2.37. The predicted octanol–water partition coefficient (Wildman–Crippen LogP) is 3.64. The van der Waals surface area contributed by atoms with Crippen molar-refractivity contribution in [1.29, 1.82) is 0 Å². The molecule has 1 saturated heterocycles. The fourth-order valence-corrected chi connectivity index (χ4v) is 5.52. The van der Waals surface area contributed by atoms with Gasteiger partial charge in [0.2, 0.25) is 0 Å². The van der Waals surface area contributed by atoms with Gasteiger partial charge in [0.25, 0.3) is 10.0 Å². The number of aryl methyl sites for hydroxylation is 1. The van der Waals surface area contributed by atoms with E-state index in [0.717, 1.165) is 12.1 Å². The molecule has 2 heterocycles. The molecule has 1 aliphatic heterocycles. The van der Waals surface area contributed by atoms with Crippen LogP contribution in [0.25, 0.3) is 0 Å². The molecule has 0 bridgehead atoms. The standard InChI is InChI=1S/C21H18ClF2N3O3S/c1-26-11-20(25-12-26)31(29,30)27-9-18(13-2-4-16(23)5-3-13)19(10-27)21(28)14-6-15(22)8-17(24)7-14/h2-8,11-12,18-19H,9-10H2,1H3. The zero-order valence-corrected chi connectivity index (χ0v) is 17.9. The Morgan fingerprint density at radius 1 is 1.10 bits per heavy atom. The van der Waals surface area contributed by atoms with Crippen molar-refractivity contribution in [2.75, 3.05) is 13.1 Å². The zero-order valence-electron chi connectivity index (χ0n) is 16.4. The highest BCUT2D eigenvalue weighted by Gasteiger charge is 2.44. The lowest BCUT2D eigenvalue weighted by atomic mass is 9.84. The van der Waals surface area contributed by atoms with E-state index >= 15 is 0 Å². The van der Waals surface area contributed by atoms with Crippen molar-refractivity contribution in [3.63, 3.8) is 0 Å². The summed E-state index contributed by atoms with van der Waals surface area (Å²) in [4.78, 5) is 17.2. The van der Waals surface area contributed by atoms with Crippen LogP contribution in [-0.2, 0) is 17.1 Å². The van der Waals surface area contributed by atoms with Crippen LogP contribution in [0, 0.1) is 17.6 Å². The maximum Gasteiger partial charge on any atom is 0.262 e. The molecular weight excluding hydrogens is 448 g/mol. The third kappa shape index (κ3) is 4.26. The summed E-state index contributed by atoms with van der Waals surface area (Å²) in [6.07, 6.45) is 2.75. The quantitative estimate of drug-likeness (QED) is 0.539. The van der Waals surface area contributed by atoms with Crippen LogP contribution in [0.5, 0.6) is 0 Å². The molecule has 3 aromatic rings. The summed E-state index contributed by atoms with van der Waals surface area (Å²) in [5.74, 6) is -2.89. The maximum absolute atomic E-state index is 13.8. The molecule has 0 N–H and O–H groups in total. The lowest BCUT2D eigenvalue weighted by Crippen LogP contribution is -2.30. The number of Topliss-reactive ketones (excluding diaryl/α,β-unsaturated/α-hetero) is 1. The minimum atomic E-state index is -3.96. The molecule has 1 aromatic heterocycles. The number of hydrogen-bond donors (Lipinski definition) is 0. The Kier molecular flexibility index (Phi) is 5.67. The van der Waals surface area contributed by atoms with Crippen molar-refractivity contribution in [3.05, 3.63) is 82.8 Å². The van der Waals surface area contributed by atoms with Crippen LogP contribution in [0.1, 0.15) is 21.8 Å². The van der Waals surface area contributed by atoms with Crippen LogP contribution in [-0.4, -0.2) is 41.1 Å². The summed E-state index contributed by atoms with van der Waals surface area (Å²) >= 11 is 5.90. The SMILES string of the molecule is Cn1cnc(S(=O)(=O)N2CC(C(=O)c3cc(F)cc(Cl)c3)C(c3ccc(F)cc3)C2)c1. The number of benzene rings is 2. The lowest BCUT2D eigenvalue weighted by Gasteiger charge is -2.18. The van der Waals surface area contributed by atoms with Crippen LogP contribution in [0.4, 0.5) is 8.78 Å². The Bertz CT molecular complexity index is 1220. The predicted molar refractivity (Wildman–Crippen MR) is 110 cm³/mol. The van der Waals surface area contributed by atoms with Crippen molar-refractivity contribution in [2.45, 2.75) is 10.9 Å². The summed E-state index contributed by atoms with van der Waals surface area (Å²) in [5.41, 5.74) is 0.667. The number of carbonyl (C=O) groups excluding carboxylic acids is 1. The van der Waals surface area contributed by atoms with E-state index in [2.05, 4.69) is 4.98 Å². The van der Waals surface area contributed by atoms with E-state index in [1.165, 1.54) is 51.7 Å². The van der Waals surface area contributed by atoms with Crippen molar-refractivity contribution in [2.24, 2.45) is 13.0 Å². The van der Waals surface area contributed by atoms with Crippen molar-refractivity contribution in [3.8, 4) is 0 Å². The van der Waals surface area contributed by atoms with Gasteiger partial charge >= 0.3 is 0 Å². The van der Waals surface area contributed by atoms with E-state index in [0.29, 0.717) is 5.56 Å². The van der Waals surface area contributed by atoms with Crippen LogP contribution < -0.4 is 0 Å². The minimum absolute atomic E-state index is 0.00396. The summed E-state index contributed by atoms with van der Waals surface area (Å²) in [6.45, 7) is -0.113. The molecule has 2 unspecified atom stereocenters. The Morgan fingerprint density at radius 3 is 2.42 bits per heavy atom. The second-order valence-corrected chi connectivity index (χ2v) is 9.81. The van der Waals surface area contributed by atoms with Crippen molar-refractivity contribution < 1.29 is 22.0 Å². The van der Waals surface area contributed by atoms with Gasteiger partial charge in [-0.3, -0.25) is 4.79 Å². The monoisotopic (exact) mass is 465 g/mol. The molecule has 1 aliphatic rings. The van der Waals surface area contributed by atoms with Crippen LogP contribution in [0.15, 0.2) is 60.0 Å². The number of imidazole rings is 1. The van der Waals surface area contributed by atoms with Crippen molar-refractivity contribution in [1.82, 2.24) is 13.9 Å². The average Bonchev–Trinajstić information content (AvgIpc) is 3.35. The molecule has 6 nitrogen and oxygen atoms in total. The molecule has 2 aromatic carbocycles. The van der Waals surface area contributed by atoms with E-state index in [1.807, 2.05) is 0 Å². The van der Waals surface area contributed by atoms with Gasteiger partial charge in [-0.2, -0.15) is 4.31 Å². The molecule has 162 valence electrons. The van der Waals surface area contributed by atoms with Gasteiger partial charge in [0.15, 0.2) is 10.8 Å². The van der Waals surface area contributed by atoms with Gasteiger partial charge in [-0.25, -0.2) is 22.2 Å². The molecule has 0 amide bonds. The Labute approximate surface area is 183 Å². The number of ketones is 1. The largest absolute Gasteiger partial charge is 0.339 e. The summed E-state index contributed by atoms with van der Waals surface area (Å²) < 4.78 is 56.1. The third-order valence-corrected chi connectivity index (χ3v) is 7.29. The molecule has 1 fully saturated rings. The van der Waals surface area contributed by atoms with E-state index in [4.69, 9.17) is 11.6 Å². The van der Waals surface area contributed by atoms with E-state index in [9.17, 15) is 22.0 Å². The van der Waals surface area contributed by atoms with Gasteiger partial charge in [-0.1, -0.05) is 23.7 Å². The van der Waals surface area contributed by atoms with Gasteiger partial charge in [0.1, 0.15) is 11.6 Å². The van der Waals surface area contributed by atoms with Gasteiger partial charge < -0.3 is 4.57 Å². The highest BCUT2D eigenvalue weighted by molar-refractivity contribution is 7.89. The molecule has 2 atom stereocenters. The number of carbonyl (C=O) groups is 1.